The van der Waals surface area contributed by atoms with Crippen molar-refractivity contribution < 1.29 is 19.2 Å². The van der Waals surface area contributed by atoms with Crippen molar-refractivity contribution in [2.24, 2.45) is 18.1 Å². The zero-order valence-electron chi connectivity index (χ0n) is 18.5. The van der Waals surface area contributed by atoms with E-state index < -0.39 is 0 Å². The number of hydrogen-bond donors (Lipinski definition) is 1. The number of aromatic nitrogens is 1. The lowest BCUT2D eigenvalue weighted by atomic mass is 9.88. The fraction of sp³-hybridized carbons (Fsp3) is 0.458. The topological polar surface area (TPSA) is 78.1 Å². The molecule has 2 aliphatic heterocycles. The first-order valence-corrected chi connectivity index (χ1v) is 11.1. The van der Waals surface area contributed by atoms with Gasteiger partial charge in [-0.15, -0.1) is 0 Å². The number of likely N-dealkylation sites (tertiary alicyclic amines) is 1. The van der Waals surface area contributed by atoms with Crippen LogP contribution in [0.25, 0.3) is 0 Å². The van der Waals surface area contributed by atoms with Crippen molar-refractivity contribution in [2.45, 2.75) is 32.2 Å². The number of fused-ring (bicyclic) bond motifs is 1. The van der Waals surface area contributed by atoms with Crippen molar-refractivity contribution in [1.82, 2.24) is 14.4 Å². The number of aryl methyl sites for hydroxylation is 1. The second kappa shape index (κ2) is 9.24. The van der Waals surface area contributed by atoms with Gasteiger partial charge < -0.3 is 14.7 Å². The van der Waals surface area contributed by atoms with E-state index in [2.05, 4.69) is 10.1 Å². The average Bonchev–Trinajstić information content (AvgIpc) is 3.13. The number of halogens is 1. The number of Topliss-reactive ketones (excluding diaryl/α,β-unsaturated/α-hetero) is 1. The molecule has 1 amide bonds. The van der Waals surface area contributed by atoms with Crippen LogP contribution < -0.4 is 0 Å². The van der Waals surface area contributed by atoms with Gasteiger partial charge in [0.2, 0.25) is 0 Å². The first-order chi connectivity index (χ1) is 15.4. The van der Waals surface area contributed by atoms with E-state index in [1.165, 1.54) is 24.3 Å². The summed E-state index contributed by atoms with van der Waals surface area (Å²) < 4.78 is 15.0. The van der Waals surface area contributed by atoms with Crippen LogP contribution in [0.3, 0.4) is 0 Å². The van der Waals surface area contributed by atoms with E-state index in [4.69, 9.17) is 0 Å². The first-order valence-electron chi connectivity index (χ1n) is 11.1. The fourth-order valence-electron chi connectivity index (χ4n) is 4.92. The van der Waals surface area contributed by atoms with E-state index in [9.17, 15) is 19.2 Å². The van der Waals surface area contributed by atoms with E-state index in [1.54, 1.807) is 6.07 Å². The maximum atomic E-state index is 13.2. The number of nitrogens with zero attached hydrogens (tertiary/aromatic N) is 4. The summed E-state index contributed by atoms with van der Waals surface area (Å²) in [5.41, 5.74) is 2.22. The minimum Gasteiger partial charge on any atom is -0.411 e. The summed E-state index contributed by atoms with van der Waals surface area (Å²) in [7, 11) is 1.84. The zero-order valence-corrected chi connectivity index (χ0v) is 18.5. The number of carbonyl (C=O) groups is 2. The van der Waals surface area contributed by atoms with Gasteiger partial charge in [-0.05, 0) is 62.7 Å². The van der Waals surface area contributed by atoms with Crippen LogP contribution in [-0.2, 0) is 7.05 Å². The van der Waals surface area contributed by atoms with Crippen LogP contribution in [0.1, 0.15) is 52.6 Å². The third kappa shape index (κ3) is 4.07. The highest BCUT2D eigenvalue weighted by molar-refractivity contribution is 6.13. The van der Waals surface area contributed by atoms with Gasteiger partial charge in [0.15, 0.2) is 5.78 Å². The summed E-state index contributed by atoms with van der Waals surface area (Å²) in [4.78, 5) is 30.0. The predicted octanol–water partition coefficient (Wildman–Crippen LogP) is 3.17. The summed E-state index contributed by atoms with van der Waals surface area (Å²) in [6.45, 7) is 4.40. The molecule has 1 N–H and O–H groups in total. The third-order valence-corrected chi connectivity index (χ3v) is 6.61. The number of ketones is 1. The van der Waals surface area contributed by atoms with Crippen molar-refractivity contribution in [3.8, 4) is 0 Å². The Bertz CT molecular complexity index is 1020. The van der Waals surface area contributed by atoms with Gasteiger partial charge >= 0.3 is 0 Å². The number of benzene rings is 1. The predicted molar refractivity (Wildman–Crippen MR) is 119 cm³/mol. The molecule has 0 spiro atoms. The van der Waals surface area contributed by atoms with Gasteiger partial charge in [-0.1, -0.05) is 12.1 Å². The van der Waals surface area contributed by atoms with Crippen molar-refractivity contribution in [2.75, 3.05) is 26.2 Å². The molecule has 1 saturated heterocycles. The van der Waals surface area contributed by atoms with Crippen molar-refractivity contribution >= 4 is 17.4 Å². The molecule has 0 bridgehead atoms. The van der Waals surface area contributed by atoms with Crippen LogP contribution in [0.4, 0.5) is 4.39 Å². The Hall–Kier alpha value is -3.00. The molecule has 1 aromatic heterocycles. The first kappa shape index (κ1) is 22.2. The summed E-state index contributed by atoms with van der Waals surface area (Å²) in [6.07, 6.45) is 3.97. The van der Waals surface area contributed by atoms with Crippen LogP contribution in [-0.4, -0.2) is 69.2 Å². The number of hydrogen-bond acceptors (Lipinski definition) is 5. The minimum absolute atomic E-state index is 0.0362. The van der Waals surface area contributed by atoms with Crippen LogP contribution in [0, 0.1) is 11.7 Å². The van der Waals surface area contributed by atoms with Crippen molar-refractivity contribution in [3.05, 3.63) is 59.2 Å². The molecule has 4 rings (SSSR count). The van der Waals surface area contributed by atoms with E-state index in [0.717, 1.165) is 6.42 Å². The molecule has 3 heterocycles. The second-order valence-electron chi connectivity index (χ2n) is 8.62. The highest BCUT2D eigenvalue weighted by Gasteiger charge is 2.39. The molecule has 2 aromatic rings. The lowest BCUT2D eigenvalue weighted by molar-refractivity contribution is 0.0683. The molecule has 1 fully saturated rings. The van der Waals surface area contributed by atoms with Crippen LogP contribution in [0.2, 0.25) is 0 Å². The van der Waals surface area contributed by atoms with Gasteiger partial charge in [0.25, 0.3) is 5.91 Å². The van der Waals surface area contributed by atoms with Gasteiger partial charge in [0.05, 0.1) is 17.3 Å². The van der Waals surface area contributed by atoms with Gasteiger partial charge in [-0.25, -0.2) is 4.39 Å². The Morgan fingerprint density at radius 3 is 2.50 bits per heavy atom. The lowest BCUT2D eigenvalue weighted by Gasteiger charge is -2.38. The molecular weight excluding hydrogens is 411 g/mol. The Kier molecular flexibility index (Phi) is 6.41. The van der Waals surface area contributed by atoms with Crippen LogP contribution >= 0.6 is 0 Å². The van der Waals surface area contributed by atoms with Crippen LogP contribution in [0.15, 0.2) is 41.7 Å². The second-order valence-corrected chi connectivity index (χ2v) is 8.62. The van der Waals surface area contributed by atoms with Gasteiger partial charge in [-0.2, -0.15) is 0 Å². The highest BCUT2D eigenvalue weighted by Crippen LogP contribution is 2.28. The number of oxime groups is 1. The number of rotatable bonds is 5. The third-order valence-electron chi connectivity index (χ3n) is 6.61. The minimum atomic E-state index is -0.355. The molecule has 7 nitrogen and oxygen atoms in total. The highest BCUT2D eigenvalue weighted by atomic mass is 19.1. The standard InChI is InChI=1S/C24H29FN4O3/c1-3-11-29-15-20(21(26-32)22-19(24(29)31)10-12-27(22)2)28-13-8-17(9-14-28)23(30)16-4-6-18(25)7-5-16/h4-7,10,12,17,20,32H,3,8-9,11,13-15H2,1-2H3. The summed E-state index contributed by atoms with van der Waals surface area (Å²) in [6, 6.07) is 7.23. The van der Waals surface area contributed by atoms with Crippen molar-refractivity contribution in [1.29, 1.82) is 0 Å². The molecule has 1 unspecified atom stereocenters. The Morgan fingerprint density at radius 2 is 1.88 bits per heavy atom. The number of carbonyl (C=O) groups excluding carboxylic acids is 2. The fourth-order valence-corrected chi connectivity index (χ4v) is 4.92. The molecule has 0 saturated carbocycles. The molecule has 0 radical (unpaired) electrons. The van der Waals surface area contributed by atoms with E-state index in [-0.39, 0.29) is 29.5 Å². The van der Waals surface area contributed by atoms with Crippen molar-refractivity contribution in [3.63, 3.8) is 0 Å². The molecule has 1 atom stereocenters. The van der Waals surface area contributed by atoms with Gasteiger partial charge in [-0.3, -0.25) is 14.5 Å². The molecule has 170 valence electrons. The molecule has 1 aromatic carbocycles. The monoisotopic (exact) mass is 440 g/mol. The van der Waals surface area contributed by atoms with E-state index in [0.29, 0.717) is 61.6 Å². The largest absolute Gasteiger partial charge is 0.411 e. The van der Waals surface area contributed by atoms with Crippen LogP contribution in [0.5, 0.6) is 0 Å². The zero-order chi connectivity index (χ0) is 22.8. The Balaban J connectivity index is 1.55. The number of piperidine rings is 1. The SMILES string of the molecule is CCCN1CC(N2CCC(C(=O)c3ccc(F)cc3)CC2)C(=NO)c2c(ccn2C)C1=O. The Labute approximate surface area is 187 Å². The quantitative estimate of drug-likeness (QED) is 0.440. The number of amides is 1. The molecule has 0 aliphatic carbocycles. The maximum absolute atomic E-state index is 13.2. The smallest absolute Gasteiger partial charge is 0.256 e. The maximum Gasteiger partial charge on any atom is 0.256 e. The van der Waals surface area contributed by atoms with Gasteiger partial charge in [0.1, 0.15) is 11.5 Å². The summed E-state index contributed by atoms with van der Waals surface area (Å²) >= 11 is 0. The normalized spacial score (nSPS) is 21.6. The molecule has 2 aliphatic rings. The average molecular weight is 441 g/mol. The molecule has 32 heavy (non-hydrogen) atoms. The molecular formula is C24H29FN4O3. The lowest BCUT2D eigenvalue weighted by Crippen LogP contribution is -2.52. The summed E-state index contributed by atoms with van der Waals surface area (Å²) in [5, 5.41) is 13.6. The van der Waals surface area contributed by atoms with E-state index >= 15 is 0 Å². The summed E-state index contributed by atoms with van der Waals surface area (Å²) in [5.74, 6) is -0.496. The molecule has 8 heteroatoms. The van der Waals surface area contributed by atoms with Gasteiger partial charge in [0, 0.05) is 37.8 Å². The Morgan fingerprint density at radius 1 is 1.19 bits per heavy atom. The van der Waals surface area contributed by atoms with E-state index in [1.807, 2.05) is 29.6 Å².